The number of hydrogen-bond acceptors (Lipinski definition) is 2. The molecule has 2 nitrogen and oxygen atoms in total. The minimum absolute atomic E-state index is 0.00403. The van der Waals surface area contributed by atoms with E-state index in [2.05, 4.69) is 0 Å². The first-order valence-corrected chi connectivity index (χ1v) is 7.10. The maximum Gasteiger partial charge on any atom is 0.166 e. The molecule has 0 spiro atoms. The van der Waals surface area contributed by atoms with Gasteiger partial charge in [0.2, 0.25) is 0 Å². The molecule has 0 saturated carbocycles. The van der Waals surface area contributed by atoms with Gasteiger partial charge in [0, 0.05) is 23.1 Å². The number of ketones is 1. The molecule has 0 aliphatic carbocycles. The van der Waals surface area contributed by atoms with Crippen molar-refractivity contribution in [3.05, 3.63) is 33.8 Å². The molecule has 0 aliphatic rings. The van der Waals surface area contributed by atoms with Crippen LogP contribution in [0.3, 0.4) is 0 Å². The second-order valence-corrected chi connectivity index (χ2v) is 6.36. The Morgan fingerprint density at radius 1 is 1.26 bits per heavy atom. The number of carbonyl (C=O) groups excluding carboxylic acids is 1. The van der Waals surface area contributed by atoms with Gasteiger partial charge >= 0.3 is 0 Å². The first-order valence-electron chi connectivity index (χ1n) is 6.34. The molecule has 0 amide bonds. The Bertz CT molecular complexity index is 430. The van der Waals surface area contributed by atoms with Crippen molar-refractivity contribution in [1.82, 2.24) is 0 Å². The Balaban J connectivity index is 2.94. The maximum atomic E-state index is 12.4. The highest BCUT2D eigenvalue weighted by molar-refractivity contribution is 6.36. The summed E-state index contributed by atoms with van der Waals surface area (Å²) in [7, 11) is 0. The normalized spacial score (nSPS) is 13.4. The molecular weight excluding hydrogens is 283 g/mol. The van der Waals surface area contributed by atoms with Gasteiger partial charge in [-0.25, -0.2) is 0 Å². The maximum absolute atomic E-state index is 12.4. The average molecular weight is 303 g/mol. The molecule has 4 heteroatoms. The summed E-state index contributed by atoms with van der Waals surface area (Å²) in [4.78, 5) is 12.4. The smallest absolute Gasteiger partial charge is 0.166 e. The van der Waals surface area contributed by atoms with Crippen molar-refractivity contribution >= 4 is 29.0 Å². The topological polar surface area (TPSA) is 26.3 Å². The van der Waals surface area contributed by atoms with E-state index in [-0.39, 0.29) is 17.6 Å². The van der Waals surface area contributed by atoms with Crippen LogP contribution in [0.15, 0.2) is 18.2 Å². The molecular formula is C15H20Cl2O2. The fraction of sp³-hybridized carbons (Fsp3) is 0.533. The lowest BCUT2D eigenvalue weighted by molar-refractivity contribution is -0.136. The lowest BCUT2D eigenvalue weighted by atomic mass is 9.84. The molecule has 1 aromatic carbocycles. The van der Waals surface area contributed by atoms with Crippen LogP contribution in [0.1, 0.15) is 33.3 Å². The minimum atomic E-state index is -0.454. The molecule has 0 heterocycles. The molecule has 1 rings (SSSR count). The van der Waals surface area contributed by atoms with Gasteiger partial charge in [0.25, 0.3) is 0 Å². The second-order valence-electron chi connectivity index (χ2n) is 5.54. The zero-order chi connectivity index (χ0) is 14.6. The third-order valence-electron chi connectivity index (χ3n) is 2.83. The number of ether oxygens (including phenoxy) is 1. The van der Waals surface area contributed by atoms with Crippen LogP contribution < -0.4 is 0 Å². The van der Waals surface area contributed by atoms with Gasteiger partial charge in [-0.15, -0.1) is 0 Å². The summed E-state index contributed by atoms with van der Waals surface area (Å²) in [6, 6.07) is 5.24. The van der Waals surface area contributed by atoms with Crippen molar-refractivity contribution < 1.29 is 9.53 Å². The Hall–Kier alpha value is -0.570. The standard InChI is InChI=1S/C15H20Cl2O2/c1-5-19-14(15(2,3)4)13(18)9-10-11(16)7-6-8-12(10)17/h6-8,14H,5,9H2,1-4H3. The number of Topliss-reactive ketones (excluding diaryl/α,β-unsaturated/α-hetero) is 1. The van der Waals surface area contributed by atoms with E-state index < -0.39 is 6.10 Å². The van der Waals surface area contributed by atoms with Crippen LogP contribution in [-0.2, 0) is 16.0 Å². The number of benzene rings is 1. The predicted octanol–water partition coefficient (Wildman–Crippen LogP) is 4.56. The van der Waals surface area contributed by atoms with Crippen molar-refractivity contribution in [3.63, 3.8) is 0 Å². The largest absolute Gasteiger partial charge is 0.370 e. The van der Waals surface area contributed by atoms with E-state index in [0.29, 0.717) is 22.2 Å². The Morgan fingerprint density at radius 3 is 2.21 bits per heavy atom. The fourth-order valence-corrected chi connectivity index (χ4v) is 2.49. The summed E-state index contributed by atoms with van der Waals surface area (Å²) >= 11 is 12.2. The van der Waals surface area contributed by atoms with Gasteiger partial charge < -0.3 is 4.74 Å². The number of rotatable bonds is 5. The Labute approximate surface area is 125 Å². The number of carbonyl (C=O) groups is 1. The summed E-state index contributed by atoms with van der Waals surface area (Å²) in [5.41, 5.74) is 0.422. The molecule has 0 N–H and O–H groups in total. The van der Waals surface area contributed by atoms with Crippen molar-refractivity contribution in [2.75, 3.05) is 6.61 Å². The van der Waals surface area contributed by atoms with Crippen molar-refractivity contribution in [2.45, 2.75) is 40.2 Å². The van der Waals surface area contributed by atoms with Crippen molar-refractivity contribution in [2.24, 2.45) is 5.41 Å². The van der Waals surface area contributed by atoms with E-state index in [1.165, 1.54) is 0 Å². The van der Waals surface area contributed by atoms with Gasteiger partial charge in [0.1, 0.15) is 6.10 Å². The summed E-state index contributed by atoms with van der Waals surface area (Å²) in [5.74, 6) is 0.00403. The minimum Gasteiger partial charge on any atom is -0.370 e. The van der Waals surface area contributed by atoms with Crippen LogP contribution in [0.25, 0.3) is 0 Å². The van der Waals surface area contributed by atoms with Gasteiger partial charge in [-0.3, -0.25) is 4.79 Å². The molecule has 0 saturated heterocycles. The van der Waals surface area contributed by atoms with Gasteiger partial charge in [0.15, 0.2) is 5.78 Å². The van der Waals surface area contributed by atoms with E-state index in [9.17, 15) is 4.79 Å². The van der Waals surface area contributed by atoms with Crippen LogP contribution in [0.2, 0.25) is 10.0 Å². The summed E-state index contributed by atoms with van der Waals surface area (Å²) < 4.78 is 5.58. The average Bonchev–Trinajstić information content (AvgIpc) is 2.29. The van der Waals surface area contributed by atoms with Gasteiger partial charge in [-0.2, -0.15) is 0 Å². The summed E-state index contributed by atoms with van der Waals surface area (Å²) in [6.45, 7) is 8.34. The fourth-order valence-electron chi connectivity index (χ4n) is 1.96. The third kappa shape index (κ3) is 4.48. The van der Waals surface area contributed by atoms with Gasteiger partial charge in [-0.1, -0.05) is 50.0 Å². The zero-order valence-corrected chi connectivity index (χ0v) is 13.3. The van der Waals surface area contributed by atoms with E-state index >= 15 is 0 Å². The predicted molar refractivity (Wildman–Crippen MR) is 80.0 cm³/mol. The van der Waals surface area contributed by atoms with Crippen LogP contribution in [0.5, 0.6) is 0 Å². The molecule has 0 aromatic heterocycles. The van der Waals surface area contributed by atoms with E-state index in [1.807, 2.05) is 27.7 Å². The van der Waals surface area contributed by atoms with Crippen molar-refractivity contribution in [3.8, 4) is 0 Å². The number of halogens is 2. The molecule has 106 valence electrons. The Morgan fingerprint density at radius 2 is 1.79 bits per heavy atom. The quantitative estimate of drug-likeness (QED) is 0.797. The van der Waals surface area contributed by atoms with E-state index in [4.69, 9.17) is 27.9 Å². The molecule has 19 heavy (non-hydrogen) atoms. The Kier molecular flexibility index (Phi) is 5.84. The lowest BCUT2D eigenvalue weighted by Crippen LogP contribution is -2.38. The highest BCUT2D eigenvalue weighted by Gasteiger charge is 2.32. The lowest BCUT2D eigenvalue weighted by Gasteiger charge is -2.29. The molecule has 0 fully saturated rings. The van der Waals surface area contributed by atoms with Gasteiger partial charge in [0.05, 0.1) is 0 Å². The van der Waals surface area contributed by atoms with Crippen LogP contribution in [-0.4, -0.2) is 18.5 Å². The molecule has 0 radical (unpaired) electrons. The molecule has 1 aromatic rings. The molecule has 1 atom stereocenters. The monoisotopic (exact) mass is 302 g/mol. The van der Waals surface area contributed by atoms with Gasteiger partial charge in [-0.05, 0) is 30.0 Å². The summed E-state index contributed by atoms with van der Waals surface area (Å²) in [6.07, 6.45) is -0.259. The third-order valence-corrected chi connectivity index (χ3v) is 3.53. The molecule has 1 unspecified atom stereocenters. The summed E-state index contributed by atoms with van der Waals surface area (Å²) in [5, 5.41) is 1.04. The van der Waals surface area contributed by atoms with Crippen LogP contribution in [0, 0.1) is 5.41 Å². The second kappa shape index (κ2) is 6.74. The molecule has 0 bridgehead atoms. The number of hydrogen-bond donors (Lipinski definition) is 0. The van der Waals surface area contributed by atoms with E-state index in [1.54, 1.807) is 18.2 Å². The highest BCUT2D eigenvalue weighted by Crippen LogP contribution is 2.28. The zero-order valence-electron chi connectivity index (χ0n) is 11.8. The van der Waals surface area contributed by atoms with Crippen LogP contribution >= 0.6 is 23.2 Å². The van der Waals surface area contributed by atoms with Crippen LogP contribution in [0.4, 0.5) is 0 Å². The first kappa shape index (κ1) is 16.5. The SMILES string of the molecule is CCOC(C(=O)Cc1c(Cl)cccc1Cl)C(C)(C)C. The van der Waals surface area contributed by atoms with E-state index in [0.717, 1.165) is 0 Å². The highest BCUT2D eigenvalue weighted by atomic mass is 35.5. The van der Waals surface area contributed by atoms with Crippen molar-refractivity contribution in [1.29, 1.82) is 0 Å². The first-order chi connectivity index (χ1) is 8.77. The molecule has 0 aliphatic heterocycles.